The van der Waals surface area contributed by atoms with Crippen LogP contribution in [0, 0.1) is 11.3 Å². The van der Waals surface area contributed by atoms with Gasteiger partial charge in [-0.1, -0.05) is 25.5 Å². The minimum Gasteiger partial charge on any atom is -0.321 e. The van der Waals surface area contributed by atoms with Gasteiger partial charge in [-0.3, -0.25) is 4.79 Å². The van der Waals surface area contributed by atoms with Gasteiger partial charge in [-0.15, -0.1) is 0 Å². The van der Waals surface area contributed by atoms with Crippen molar-refractivity contribution in [3.8, 4) is 0 Å². The van der Waals surface area contributed by atoms with Crippen LogP contribution >= 0.6 is 0 Å². The van der Waals surface area contributed by atoms with Gasteiger partial charge in [-0.2, -0.15) is 0 Å². The molecule has 2 atom stereocenters. The van der Waals surface area contributed by atoms with Gasteiger partial charge in [0.1, 0.15) is 6.29 Å². The first-order valence-corrected chi connectivity index (χ1v) is 5.31. The van der Waals surface area contributed by atoms with Crippen molar-refractivity contribution in [3.63, 3.8) is 0 Å². The molecule has 84 valence electrons. The number of ketones is 1. The van der Waals surface area contributed by atoms with Crippen molar-refractivity contribution in [1.82, 2.24) is 0 Å². The van der Waals surface area contributed by atoms with E-state index in [9.17, 15) is 9.59 Å². The molecule has 0 spiro atoms. The standard InChI is InChI=1S/C12H19NO2/c1-8-4-5-9(12(8,2)3)11(15)10(13)6-7-14/h4,7,9-10H,5-6,13H2,1-3H3/t9?,10-/m0/s1. The Morgan fingerprint density at radius 1 is 1.73 bits per heavy atom. The van der Waals surface area contributed by atoms with Crippen molar-refractivity contribution in [2.75, 3.05) is 0 Å². The summed E-state index contributed by atoms with van der Waals surface area (Å²) in [4.78, 5) is 22.3. The molecular weight excluding hydrogens is 190 g/mol. The van der Waals surface area contributed by atoms with Crippen LogP contribution in [0.5, 0.6) is 0 Å². The maximum absolute atomic E-state index is 12.0. The van der Waals surface area contributed by atoms with Crippen molar-refractivity contribution >= 4 is 12.1 Å². The van der Waals surface area contributed by atoms with E-state index in [4.69, 9.17) is 5.73 Å². The monoisotopic (exact) mass is 209 g/mol. The molecule has 15 heavy (non-hydrogen) atoms. The normalized spacial score (nSPS) is 25.9. The summed E-state index contributed by atoms with van der Waals surface area (Å²) in [6.45, 7) is 6.16. The molecule has 0 aromatic carbocycles. The fraction of sp³-hybridized carbons (Fsp3) is 0.667. The average Bonchev–Trinajstić information content (AvgIpc) is 2.41. The first kappa shape index (κ1) is 12.1. The van der Waals surface area contributed by atoms with Gasteiger partial charge in [0.2, 0.25) is 0 Å². The van der Waals surface area contributed by atoms with Crippen molar-refractivity contribution in [2.24, 2.45) is 17.1 Å². The smallest absolute Gasteiger partial charge is 0.154 e. The zero-order valence-electron chi connectivity index (χ0n) is 9.62. The molecule has 3 heteroatoms. The predicted octanol–water partition coefficient (Wildman–Crippen LogP) is 1.46. The van der Waals surface area contributed by atoms with Gasteiger partial charge < -0.3 is 10.5 Å². The number of hydrogen-bond donors (Lipinski definition) is 1. The van der Waals surface area contributed by atoms with E-state index in [1.54, 1.807) is 0 Å². The van der Waals surface area contributed by atoms with Crippen molar-refractivity contribution in [1.29, 1.82) is 0 Å². The van der Waals surface area contributed by atoms with E-state index in [0.29, 0.717) is 6.29 Å². The van der Waals surface area contributed by atoms with Crippen LogP contribution < -0.4 is 5.73 Å². The lowest BCUT2D eigenvalue weighted by molar-refractivity contribution is -0.127. The van der Waals surface area contributed by atoms with E-state index in [-0.39, 0.29) is 23.5 Å². The molecule has 0 aromatic heterocycles. The van der Waals surface area contributed by atoms with Crippen LogP contribution in [0.2, 0.25) is 0 Å². The third kappa shape index (κ3) is 2.17. The molecule has 0 amide bonds. The van der Waals surface area contributed by atoms with E-state index < -0.39 is 6.04 Å². The van der Waals surface area contributed by atoms with Crippen LogP contribution in [0.25, 0.3) is 0 Å². The molecule has 0 saturated heterocycles. The maximum atomic E-state index is 12.0. The van der Waals surface area contributed by atoms with Gasteiger partial charge in [0, 0.05) is 12.3 Å². The quantitative estimate of drug-likeness (QED) is 0.563. The molecule has 0 aliphatic heterocycles. The van der Waals surface area contributed by atoms with Crippen LogP contribution in [0.1, 0.15) is 33.6 Å². The van der Waals surface area contributed by atoms with Gasteiger partial charge in [-0.05, 0) is 18.8 Å². The second kappa shape index (κ2) is 4.27. The lowest BCUT2D eigenvalue weighted by Gasteiger charge is -2.29. The molecule has 0 bridgehead atoms. The molecular formula is C12H19NO2. The first-order valence-electron chi connectivity index (χ1n) is 5.31. The van der Waals surface area contributed by atoms with E-state index in [0.717, 1.165) is 6.42 Å². The van der Waals surface area contributed by atoms with E-state index in [1.165, 1.54) is 5.57 Å². The summed E-state index contributed by atoms with van der Waals surface area (Å²) in [6.07, 6.45) is 3.69. The Hall–Kier alpha value is -0.960. The summed E-state index contributed by atoms with van der Waals surface area (Å²) < 4.78 is 0. The number of rotatable bonds is 4. The van der Waals surface area contributed by atoms with Gasteiger partial charge in [0.05, 0.1) is 6.04 Å². The Morgan fingerprint density at radius 3 is 2.73 bits per heavy atom. The highest BCUT2D eigenvalue weighted by atomic mass is 16.1. The number of allylic oxidation sites excluding steroid dienone is 2. The van der Waals surface area contributed by atoms with Crippen LogP contribution in [-0.4, -0.2) is 18.1 Å². The highest BCUT2D eigenvalue weighted by Crippen LogP contribution is 2.43. The zero-order chi connectivity index (χ0) is 11.6. The maximum Gasteiger partial charge on any atom is 0.154 e. The Balaban J connectivity index is 2.75. The van der Waals surface area contributed by atoms with Gasteiger partial charge in [0.25, 0.3) is 0 Å². The van der Waals surface area contributed by atoms with Crippen molar-refractivity contribution in [3.05, 3.63) is 11.6 Å². The molecule has 1 rings (SSSR count). The lowest BCUT2D eigenvalue weighted by atomic mass is 9.74. The van der Waals surface area contributed by atoms with E-state index in [1.807, 2.05) is 6.92 Å². The van der Waals surface area contributed by atoms with Crippen molar-refractivity contribution < 1.29 is 9.59 Å². The van der Waals surface area contributed by atoms with Crippen molar-refractivity contribution in [2.45, 2.75) is 39.7 Å². The summed E-state index contributed by atoms with van der Waals surface area (Å²) >= 11 is 0. The zero-order valence-corrected chi connectivity index (χ0v) is 9.62. The van der Waals surface area contributed by atoms with Crippen LogP contribution in [-0.2, 0) is 9.59 Å². The number of Topliss-reactive ketones (excluding diaryl/α,β-unsaturated/α-hetero) is 1. The first-order chi connectivity index (χ1) is 6.91. The summed E-state index contributed by atoms with van der Waals surface area (Å²) in [5.41, 5.74) is 6.79. The molecule has 1 aliphatic rings. The Labute approximate surface area is 90.7 Å². The minimum atomic E-state index is -0.633. The number of aldehydes is 1. The van der Waals surface area contributed by atoms with Crippen LogP contribution in [0.15, 0.2) is 11.6 Å². The van der Waals surface area contributed by atoms with E-state index >= 15 is 0 Å². The molecule has 3 nitrogen and oxygen atoms in total. The molecule has 0 aromatic rings. The highest BCUT2D eigenvalue weighted by molar-refractivity contribution is 5.89. The third-order valence-electron chi connectivity index (χ3n) is 3.61. The number of nitrogens with two attached hydrogens (primary N) is 1. The minimum absolute atomic E-state index is 0.0141. The number of hydrogen-bond acceptors (Lipinski definition) is 3. The fourth-order valence-electron chi connectivity index (χ4n) is 2.08. The molecule has 1 unspecified atom stereocenters. The second-order valence-electron chi connectivity index (χ2n) is 4.81. The summed E-state index contributed by atoms with van der Waals surface area (Å²) in [5, 5.41) is 0. The summed E-state index contributed by atoms with van der Waals surface area (Å²) in [5.74, 6) is -0.0485. The average molecular weight is 209 g/mol. The molecule has 0 radical (unpaired) electrons. The molecule has 0 fully saturated rings. The molecule has 2 N–H and O–H groups in total. The Morgan fingerprint density at radius 2 is 2.33 bits per heavy atom. The largest absolute Gasteiger partial charge is 0.321 e. The molecule has 0 saturated carbocycles. The summed E-state index contributed by atoms with van der Waals surface area (Å²) in [6, 6.07) is -0.633. The second-order valence-corrected chi connectivity index (χ2v) is 4.81. The molecule has 1 aliphatic carbocycles. The van der Waals surface area contributed by atoms with Gasteiger partial charge in [0.15, 0.2) is 5.78 Å². The predicted molar refractivity (Wildman–Crippen MR) is 59.3 cm³/mol. The topological polar surface area (TPSA) is 60.2 Å². The summed E-state index contributed by atoms with van der Waals surface area (Å²) in [7, 11) is 0. The van der Waals surface area contributed by atoms with E-state index in [2.05, 4.69) is 19.9 Å². The fourth-order valence-corrected chi connectivity index (χ4v) is 2.08. The number of carbonyl (C=O) groups excluding carboxylic acids is 2. The SMILES string of the molecule is CC1=CCC(C(=O)[C@@H](N)CC=O)C1(C)C. The van der Waals surface area contributed by atoms with Crippen LogP contribution in [0.3, 0.4) is 0 Å². The van der Waals surface area contributed by atoms with Gasteiger partial charge in [-0.25, -0.2) is 0 Å². The third-order valence-corrected chi connectivity index (χ3v) is 3.61. The van der Waals surface area contributed by atoms with Gasteiger partial charge >= 0.3 is 0 Å². The highest BCUT2D eigenvalue weighted by Gasteiger charge is 2.40. The molecule has 0 heterocycles. The number of carbonyl (C=O) groups is 2. The Bertz CT molecular complexity index is 305. The van der Waals surface area contributed by atoms with Crippen LogP contribution in [0.4, 0.5) is 0 Å². The Kier molecular flexibility index (Phi) is 3.45. The lowest BCUT2D eigenvalue weighted by Crippen LogP contribution is -2.40.